The van der Waals surface area contributed by atoms with E-state index in [4.69, 9.17) is 9.47 Å². The van der Waals surface area contributed by atoms with Gasteiger partial charge in [0.2, 0.25) is 0 Å². The van der Waals surface area contributed by atoms with Gasteiger partial charge in [0, 0.05) is 5.56 Å². The smallest absolute Gasteiger partial charge is 0.338 e. The number of ether oxygens (including phenoxy) is 2. The van der Waals surface area contributed by atoms with Gasteiger partial charge in [-0.25, -0.2) is 9.59 Å². The summed E-state index contributed by atoms with van der Waals surface area (Å²) in [6, 6.07) is 11.2. The number of hydrogen-bond acceptors (Lipinski definition) is 5. The van der Waals surface area contributed by atoms with Crippen LogP contribution in [0.5, 0.6) is 5.75 Å². The van der Waals surface area contributed by atoms with Crippen molar-refractivity contribution in [3.05, 3.63) is 53.6 Å². The highest BCUT2D eigenvalue weighted by Gasteiger charge is 2.18. The Morgan fingerprint density at radius 3 is 2.30 bits per heavy atom. The van der Waals surface area contributed by atoms with Crippen LogP contribution in [0.1, 0.15) is 34.6 Å². The van der Waals surface area contributed by atoms with Gasteiger partial charge in [0.15, 0.2) is 0 Å². The van der Waals surface area contributed by atoms with Crippen LogP contribution in [0.15, 0.2) is 42.5 Å². The SMILES string of the molecule is CCOC(=O)c1cccc(-c2c(O)cccc2C(=O)OCC)c1. The molecule has 0 aliphatic heterocycles. The van der Waals surface area contributed by atoms with E-state index in [0.29, 0.717) is 16.7 Å². The van der Waals surface area contributed by atoms with Crippen LogP contribution in [0.2, 0.25) is 0 Å². The van der Waals surface area contributed by atoms with Gasteiger partial charge < -0.3 is 14.6 Å². The number of phenolic OH excluding ortho intramolecular Hbond substituents is 1. The second-order valence-corrected chi connectivity index (χ2v) is 4.72. The molecule has 5 heteroatoms. The van der Waals surface area contributed by atoms with Gasteiger partial charge in [0.25, 0.3) is 0 Å². The van der Waals surface area contributed by atoms with Crippen LogP contribution in [-0.4, -0.2) is 30.3 Å². The molecule has 0 fully saturated rings. The first kappa shape index (κ1) is 16.5. The average Bonchev–Trinajstić information content (AvgIpc) is 2.55. The van der Waals surface area contributed by atoms with Gasteiger partial charge in [-0.3, -0.25) is 0 Å². The second-order valence-electron chi connectivity index (χ2n) is 4.72. The summed E-state index contributed by atoms with van der Waals surface area (Å²) in [7, 11) is 0. The number of carbonyl (C=O) groups is 2. The van der Waals surface area contributed by atoms with Crippen LogP contribution in [0.3, 0.4) is 0 Å². The van der Waals surface area contributed by atoms with E-state index in [0.717, 1.165) is 0 Å². The summed E-state index contributed by atoms with van der Waals surface area (Å²) in [6.45, 7) is 3.94. The zero-order valence-electron chi connectivity index (χ0n) is 13.0. The minimum atomic E-state index is -0.528. The Hall–Kier alpha value is -2.82. The highest BCUT2D eigenvalue weighted by atomic mass is 16.5. The van der Waals surface area contributed by atoms with Crippen LogP contribution in [-0.2, 0) is 9.47 Å². The minimum absolute atomic E-state index is 0.0587. The number of carbonyl (C=O) groups excluding carboxylic acids is 2. The molecule has 0 atom stereocenters. The highest BCUT2D eigenvalue weighted by Crippen LogP contribution is 2.33. The Bertz CT molecular complexity index is 721. The van der Waals surface area contributed by atoms with E-state index >= 15 is 0 Å². The summed E-state index contributed by atoms with van der Waals surface area (Å²) < 4.78 is 9.99. The summed E-state index contributed by atoms with van der Waals surface area (Å²) in [5.41, 5.74) is 1.46. The van der Waals surface area contributed by atoms with Crippen molar-refractivity contribution in [3.8, 4) is 16.9 Å². The van der Waals surface area contributed by atoms with Gasteiger partial charge in [-0.05, 0) is 43.7 Å². The van der Waals surface area contributed by atoms with Crippen molar-refractivity contribution < 1.29 is 24.2 Å². The van der Waals surface area contributed by atoms with E-state index < -0.39 is 11.9 Å². The molecule has 0 heterocycles. The van der Waals surface area contributed by atoms with Gasteiger partial charge >= 0.3 is 11.9 Å². The lowest BCUT2D eigenvalue weighted by Gasteiger charge is -2.12. The first-order valence-electron chi connectivity index (χ1n) is 7.35. The fourth-order valence-electron chi connectivity index (χ4n) is 2.24. The summed E-state index contributed by atoms with van der Waals surface area (Å²) in [6.07, 6.45) is 0. The van der Waals surface area contributed by atoms with Crippen molar-refractivity contribution in [2.24, 2.45) is 0 Å². The van der Waals surface area contributed by atoms with Crippen molar-refractivity contribution >= 4 is 11.9 Å². The van der Waals surface area contributed by atoms with Crippen molar-refractivity contribution in [1.82, 2.24) is 0 Å². The molecule has 2 aromatic rings. The molecule has 0 unspecified atom stereocenters. The zero-order valence-corrected chi connectivity index (χ0v) is 13.0. The first-order chi connectivity index (χ1) is 11.1. The first-order valence-corrected chi connectivity index (χ1v) is 7.35. The molecule has 2 rings (SSSR count). The standard InChI is InChI=1S/C18H18O5/c1-3-22-17(20)13-8-5-7-12(11-13)16-14(18(21)23-4-2)9-6-10-15(16)19/h5-11,19H,3-4H2,1-2H3. The molecule has 2 aromatic carbocycles. The molecule has 1 N–H and O–H groups in total. The van der Waals surface area contributed by atoms with E-state index in [1.165, 1.54) is 6.07 Å². The van der Waals surface area contributed by atoms with E-state index in [2.05, 4.69) is 0 Å². The lowest BCUT2D eigenvalue weighted by molar-refractivity contribution is 0.0518. The molecule has 0 aromatic heterocycles. The molecular weight excluding hydrogens is 296 g/mol. The fourth-order valence-corrected chi connectivity index (χ4v) is 2.24. The van der Waals surface area contributed by atoms with Crippen LogP contribution < -0.4 is 0 Å². The van der Waals surface area contributed by atoms with Crippen LogP contribution in [0.4, 0.5) is 0 Å². The third-order valence-corrected chi connectivity index (χ3v) is 3.20. The molecule has 5 nitrogen and oxygen atoms in total. The van der Waals surface area contributed by atoms with Crippen molar-refractivity contribution in [3.63, 3.8) is 0 Å². The van der Waals surface area contributed by atoms with Crippen molar-refractivity contribution in [2.75, 3.05) is 13.2 Å². The van der Waals surface area contributed by atoms with E-state index in [-0.39, 0.29) is 24.5 Å². The maximum absolute atomic E-state index is 12.1. The summed E-state index contributed by atoms with van der Waals surface area (Å²) in [4.78, 5) is 23.9. The summed E-state index contributed by atoms with van der Waals surface area (Å²) >= 11 is 0. The topological polar surface area (TPSA) is 72.8 Å². The Morgan fingerprint density at radius 1 is 0.957 bits per heavy atom. The van der Waals surface area contributed by atoms with E-state index in [9.17, 15) is 14.7 Å². The van der Waals surface area contributed by atoms with Crippen LogP contribution >= 0.6 is 0 Å². The predicted octanol–water partition coefficient (Wildman–Crippen LogP) is 3.41. The lowest BCUT2D eigenvalue weighted by Crippen LogP contribution is -2.07. The summed E-state index contributed by atoms with van der Waals surface area (Å²) in [5.74, 6) is -1.04. The van der Waals surface area contributed by atoms with Crippen LogP contribution in [0.25, 0.3) is 11.1 Å². The van der Waals surface area contributed by atoms with E-state index in [1.54, 1.807) is 50.2 Å². The van der Waals surface area contributed by atoms with Gasteiger partial charge in [0.05, 0.1) is 24.3 Å². The third-order valence-electron chi connectivity index (χ3n) is 3.20. The fraction of sp³-hybridized carbons (Fsp3) is 0.222. The van der Waals surface area contributed by atoms with Crippen molar-refractivity contribution in [2.45, 2.75) is 13.8 Å². The predicted molar refractivity (Wildman–Crippen MR) is 85.5 cm³/mol. The number of aromatic hydroxyl groups is 1. The normalized spacial score (nSPS) is 10.2. The number of hydrogen-bond donors (Lipinski definition) is 1. The maximum Gasteiger partial charge on any atom is 0.338 e. The zero-order chi connectivity index (χ0) is 16.8. The number of benzene rings is 2. The van der Waals surface area contributed by atoms with Crippen LogP contribution in [0, 0.1) is 0 Å². The molecule has 120 valence electrons. The molecular formula is C18H18O5. The molecule has 0 saturated heterocycles. The second kappa shape index (κ2) is 7.45. The largest absolute Gasteiger partial charge is 0.507 e. The number of phenols is 1. The summed E-state index contributed by atoms with van der Waals surface area (Å²) in [5, 5.41) is 10.2. The molecule has 0 radical (unpaired) electrons. The quantitative estimate of drug-likeness (QED) is 0.856. The van der Waals surface area contributed by atoms with E-state index in [1.807, 2.05) is 0 Å². The Balaban J connectivity index is 2.52. The molecule has 0 amide bonds. The molecule has 23 heavy (non-hydrogen) atoms. The molecule has 0 aliphatic rings. The Kier molecular flexibility index (Phi) is 5.36. The monoisotopic (exact) mass is 314 g/mol. The third kappa shape index (κ3) is 3.69. The average molecular weight is 314 g/mol. The lowest BCUT2D eigenvalue weighted by atomic mass is 9.97. The van der Waals surface area contributed by atoms with Gasteiger partial charge in [-0.1, -0.05) is 18.2 Å². The molecule has 0 aliphatic carbocycles. The highest BCUT2D eigenvalue weighted by molar-refractivity contribution is 6.00. The maximum atomic E-state index is 12.1. The van der Waals surface area contributed by atoms with Gasteiger partial charge in [-0.15, -0.1) is 0 Å². The molecule has 0 saturated carbocycles. The minimum Gasteiger partial charge on any atom is -0.507 e. The molecule has 0 spiro atoms. The van der Waals surface area contributed by atoms with Gasteiger partial charge in [-0.2, -0.15) is 0 Å². The van der Waals surface area contributed by atoms with Crippen molar-refractivity contribution in [1.29, 1.82) is 0 Å². The Morgan fingerprint density at radius 2 is 1.61 bits per heavy atom. The number of rotatable bonds is 5. The Labute approximate surface area is 134 Å². The number of esters is 2. The molecule has 0 bridgehead atoms. The van der Waals surface area contributed by atoms with Gasteiger partial charge in [0.1, 0.15) is 5.75 Å².